The molecule has 0 fully saturated rings. The Bertz CT molecular complexity index is 615. The topological polar surface area (TPSA) is 89.3 Å². The molecule has 0 spiro atoms. The van der Waals surface area contributed by atoms with Gasteiger partial charge in [0.1, 0.15) is 5.82 Å². The molecule has 6 heteroatoms. The van der Waals surface area contributed by atoms with Gasteiger partial charge in [-0.3, -0.25) is 4.98 Å². The van der Waals surface area contributed by atoms with Gasteiger partial charge in [-0.2, -0.15) is 0 Å². The molecule has 0 aliphatic rings. The van der Waals surface area contributed by atoms with Crippen LogP contribution in [0.4, 0.5) is 0 Å². The van der Waals surface area contributed by atoms with Crippen molar-refractivity contribution >= 4 is 5.84 Å². The van der Waals surface area contributed by atoms with E-state index >= 15 is 0 Å². The lowest BCUT2D eigenvalue weighted by atomic mass is 10.1. The minimum atomic E-state index is 0.0445. The van der Waals surface area contributed by atoms with Crippen molar-refractivity contribution in [1.29, 1.82) is 0 Å². The Balaban J connectivity index is 2.77. The number of imidazole rings is 1. The molecule has 94 valence electrons. The molecule has 0 saturated heterocycles. The minimum Gasteiger partial charge on any atom is -0.409 e. The van der Waals surface area contributed by atoms with Crippen molar-refractivity contribution in [2.24, 2.45) is 10.9 Å². The molecule has 2 rings (SSSR count). The second-order valence-corrected chi connectivity index (χ2v) is 4.07. The molecule has 0 aliphatic heterocycles. The molecule has 0 bridgehead atoms. The Labute approximate surface area is 105 Å². The average molecular weight is 245 g/mol. The second-order valence-electron chi connectivity index (χ2n) is 4.07. The zero-order valence-corrected chi connectivity index (χ0v) is 10.5. The summed E-state index contributed by atoms with van der Waals surface area (Å²) < 4.78 is 1.88. The van der Waals surface area contributed by atoms with Gasteiger partial charge >= 0.3 is 0 Å². The van der Waals surface area contributed by atoms with Crippen LogP contribution in [0, 0.1) is 20.8 Å². The van der Waals surface area contributed by atoms with E-state index < -0.39 is 0 Å². The van der Waals surface area contributed by atoms with E-state index in [2.05, 4.69) is 15.1 Å². The first-order chi connectivity index (χ1) is 8.54. The van der Waals surface area contributed by atoms with Gasteiger partial charge in [-0.05, 0) is 26.8 Å². The molecule has 3 N–H and O–H groups in total. The summed E-state index contributed by atoms with van der Waals surface area (Å²) in [5, 5.41) is 12.0. The predicted octanol–water partition coefficient (Wildman–Crippen LogP) is 1.29. The van der Waals surface area contributed by atoms with Gasteiger partial charge in [-0.15, -0.1) is 0 Å². The summed E-state index contributed by atoms with van der Waals surface area (Å²) in [6.07, 6.45) is 3.54. The van der Waals surface area contributed by atoms with Crippen LogP contribution < -0.4 is 5.73 Å². The van der Waals surface area contributed by atoms with E-state index in [0.717, 1.165) is 17.2 Å². The standard InChI is InChI=1S/C12H15N5O/c1-7-6-10(17-5-4-14-9(17)3)11(8(2)15-7)12(13)16-18/h4-6,18H,1-3H3,(H2,13,16). The van der Waals surface area contributed by atoms with Gasteiger partial charge in [0.05, 0.1) is 16.9 Å². The Hall–Kier alpha value is -2.37. The number of pyridine rings is 1. The van der Waals surface area contributed by atoms with E-state index in [4.69, 9.17) is 10.9 Å². The Morgan fingerprint density at radius 3 is 2.67 bits per heavy atom. The number of hydrogen-bond donors (Lipinski definition) is 2. The van der Waals surface area contributed by atoms with Crippen molar-refractivity contribution in [1.82, 2.24) is 14.5 Å². The number of nitrogens with zero attached hydrogens (tertiary/aromatic N) is 4. The summed E-state index contributed by atoms with van der Waals surface area (Å²) >= 11 is 0. The van der Waals surface area contributed by atoms with Gasteiger partial charge in [0.2, 0.25) is 0 Å². The molecular formula is C12H15N5O. The van der Waals surface area contributed by atoms with Crippen molar-refractivity contribution in [2.45, 2.75) is 20.8 Å². The first kappa shape index (κ1) is 12.1. The quantitative estimate of drug-likeness (QED) is 0.361. The van der Waals surface area contributed by atoms with Gasteiger partial charge in [0.15, 0.2) is 5.84 Å². The lowest BCUT2D eigenvalue weighted by Gasteiger charge is -2.14. The van der Waals surface area contributed by atoms with E-state index in [0.29, 0.717) is 11.3 Å². The first-order valence-electron chi connectivity index (χ1n) is 5.51. The highest BCUT2D eigenvalue weighted by molar-refractivity contribution is 6.01. The highest BCUT2D eigenvalue weighted by atomic mass is 16.4. The van der Waals surface area contributed by atoms with E-state index in [-0.39, 0.29) is 5.84 Å². The summed E-state index contributed by atoms with van der Waals surface area (Å²) in [6.45, 7) is 5.62. The van der Waals surface area contributed by atoms with Crippen LogP contribution in [-0.2, 0) is 0 Å². The van der Waals surface area contributed by atoms with Crippen LogP contribution >= 0.6 is 0 Å². The number of rotatable bonds is 2. The fourth-order valence-electron chi connectivity index (χ4n) is 2.00. The molecule has 18 heavy (non-hydrogen) atoms. The van der Waals surface area contributed by atoms with Crippen LogP contribution in [0.3, 0.4) is 0 Å². The Morgan fingerprint density at radius 1 is 1.39 bits per heavy atom. The Kier molecular flexibility index (Phi) is 3.01. The molecular weight excluding hydrogens is 230 g/mol. The SMILES string of the molecule is Cc1cc(-n2ccnc2C)c(/C(N)=N/O)c(C)n1. The van der Waals surface area contributed by atoms with E-state index in [9.17, 15) is 0 Å². The lowest BCUT2D eigenvalue weighted by molar-refractivity contribution is 0.318. The summed E-state index contributed by atoms with van der Waals surface area (Å²) in [4.78, 5) is 8.52. The van der Waals surface area contributed by atoms with Gasteiger partial charge in [-0.25, -0.2) is 4.98 Å². The maximum absolute atomic E-state index is 8.88. The molecule has 2 aromatic heterocycles. The molecule has 6 nitrogen and oxygen atoms in total. The monoisotopic (exact) mass is 245 g/mol. The summed E-state index contributed by atoms with van der Waals surface area (Å²) in [7, 11) is 0. The second kappa shape index (κ2) is 4.48. The molecule has 0 aromatic carbocycles. The zero-order valence-electron chi connectivity index (χ0n) is 10.5. The van der Waals surface area contributed by atoms with Crippen molar-refractivity contribution in [3.8, 4) is 5.69 Å². The fraction of sp³-hybridized carbons (Fsp3) is 0.250. The lowest BCUT2D eigenvalue weighted by Crippen LogP contribution is -2.19. The number of hydrogen-bond acceptors (Lipinski definition) is 4. The summed E-state index contributed by atoms with van der Waals surface area (Å²) in [6, 6.07) is 1.88. The third-order valence-corrected chi connectivity index (χ3v) is 2.76. The average Bonchev–Trinajstić information content (AvgIpc) is 2.73. The van der Waals surface area contributed by atoms with Crippen LogP contribution in [0.2, 0.25) is 0 Å². The highest BCUT2D eigenvalue weighted by Gasteiger charge is 2.15. The van der Waals surface area contributed by atoms with Crippen LogP contribution in [0.5, 0.6) is 0 Å². The van der Waals surface area contributed by atoms with Crippen LogP contribution in [-0.4, -0.2) is 25.6 Å². The van der Waals surface area contributed by atoms with Crippen molar-refractivity contribution in [3.05, 3.63) is 41.2 Å². The van der Waals surface area contributed by atoms with Crippen molar-refractivity contribution in [2.75, 3.05) is 0 Å². The number of aromatic nitrogens is 3. The minimum absolute atomic E-state index is 0.0445. The normalized spacial score (nSPS) is 11.8. The molecule has 0 atom stereocenters. The number of aryl methyl sites for hydroxylation is 3. The smallest absolute Gasteiger partial charge is 0.174 e. The van der Waals surface area contributed by atoms with E-state index in [1.165, 1.54) is 0 Å². The molecule has 0 amide bonds. The molecule has 2 aromatic rings. The third-order valence-electron chi connectivity index (χ3n) is 2.76. The summed E-state index contributed by atoms with van der Waals surface area (Å²) in [5.41, 5.74) is 8.74. The third kappa shape index (κ3) is 1.92. The number of nitrogens with two attached hydrogens (primary N) is 1. The molecule has 0 aliphatic carbocycles. The Morgan fingerprint density at radius 2 is 2.11 bits per heavy atom. The predicted molar refractivity (Wildman–Crippen MR) is 68.1 cm³/mol. The van der Waals surface area contributed by atoms with Crippen molar-refractivity contribution < 1.29 is 5.21 Å². The molecule has 2 heterocycles. The van der Waals surface area contributed by atoms with Crippen LogP contribution in [0.1, 0.15) is 22.8 Å². The number of amidine groups is 1. The largest absolute Gasteiger partial charge is 0.409 e. The molecule has 0 unspecified atom stereocenters. The maximum Gasteiger partial charge on any atom is 0.174 e. The molecule has 0 radical (unpaired) electrons. The summed E-state index contributed by atoms with van der Waals surface area (Å²) in [5.74, 6) is 0.870. The van der Waals surface area contributed by atoms with Gasteiger partial charge in [-0.1, -0.05) is 5.16 Å². The van der Waals surface area contributed by atoms with Crippen LogP contribution in [0.15, 0.2) is 23.6 Å². The van der Waals surface area contributed by atoms with E-state index in [1.54, 1.807) is 6.20 Å². The fourth-order valence-corrected chi connectivity index (χ4v) is 2.00. The number of oxime groups is 1. The van der Waals surface area contributed by atoms with E-state index in [1.807, 2.05) is 37.6 Å². The van der Waals surface area contributed by atoms with Gasteiger partial charge in [0, 0.05) is 18.1 Å². The van der Waals surface area contributed by atoms with Gasteiger partial charge in [0.25, 0.3) is 0 Å². The van der Waals surface area contributed by atoms with Crippen molar-refractivity contribution in [3.63, 3.8) is 0 Å². The van der Waals surface area contributed by atoms with Crippen LogP contribution in [0.25, 0.3) is 5.69 Å². The first-order valence-corrected chi connectivity index (χ1v) is 5.51. The zero-order chi connectivity index (χ0) is 13.3. The highest BCUT2D eigenvalue weighted by Crippen LogP contribution is 2.19. The van der Waals surface area contributed by atoms with Gasteiger partial charge < -0.3 is 15.5 Å². The molecule has 0 saturated carbocycles. The maximum atomic E-state index is 8.88.